The Morgan fingerprint density at radius 3 is 2.62 bits per heavy atom. The van der Waals surface area contributed by atoms with E-state index in [0.717, 1.165) is 70.3 Å². The first-order valence-corrected chi connectivity index (χ1v) is 10.4. The number of nitrogens with zero attached hydrogens (tertiary/aromatic N) is 2. The standard InChI is InChI=1S/C20H26Cl2N2O2/c21-14-2-7-17(22)18(12-14)23-10-1-8-20(13-23)9-11-24(19(20)26)15-3-5-16(25)6-4-15/h2,7,12,15-16,25H,1,3-6,8-11,13H2/t15-,16-,20?. The molecule has 1 atom stereocenters. The van der Waals surface area contributed by atoms with Crippen LogP contribution in [0.2, 0.25) is 10.0 Å². The molecule has 3 fully saturated rings. The molecule has 1 N–H and O–H groups in total. The Bertz CT molecular complexity index is 690. The summed E-state index contributed by atoms with van der Waals surface area (Å²) in [6.45, 7) is 2.47. The fourth-order valence-electron chi connectivity index (χ4n) is 5.01. The van der Waals surface area contributed by atoms with Crippen LogP contribution in [0.25, 0.3) is 0 Å². The van der Waals surface area contributed by atoms with E-state index < -0.39 is 0 Å². The zero-order valence-electron chi connectivity index (χ0n) is 15.0. The molecular weight excluding hydrogens is 371 g/mol. The van der Waals surface area contributed by atoms with Crippen molar-refractivity contribution in [3.05, 3.63) is 28.2 Å². The lowest BCUT2D eigenvalue weighted by atomic mass is 9.78. The van der Waals surface area contributed by atoms with E-state index in [2.05, 4.69) is 9.80 Å². The molecule has 1 aliphatic carbocycles. The third kappa shape index (κ3) is 3.32. The molecule has 2 saturated heterocycles. The third-order valence-electron chi connectivity index (χ3n) is 6.48. The minimum atomic E-state index is -0.292. The van der Waals surface area contributed by atoms with Gasteiger partial charge in [0.15, 0.2) is 0 Å². The molecule has 142 valence electrons. The first kappa shape index (κ1) is 18.4. The van der Waals surface area contributed by atoms with Crippen LogP contribution in [-0.2, 0) is 4.79 Å². The van der Waals surface area contributed by atoms with Gasteiger partial charge in [0.2, 0.25) is 5.91 Å². The molecule has 2 aliphatic heterocycles. The summed E-state index contributed by atoms with van der Waals surface area (Å²) in [5.74, 6) is 0.307. The van der Waals surface area contributed by atoms with Gasteiger partial charge in [0.1, 0.15) is 0 Å². The van der Waals surface area contributed by atoms with Gasteiger partial charge in [-0.05, 0) is 63.1 Å². The van der Waals surface area contributed by atoms with Gasteiger partial charge in [-0.3, -0.25) is 4.79 Å². The summed E-state index contributed by atoms with van der Waals surface area (Å²) < 4.78 is 0. The van der Waals surface area contributed by atoms with Crippen LogP contribution in [0.5, 0.6) is 0 Å². The van der Waals surface area contributed by atoms with Crippen molar-refractivity contribution in [2.45, 2.75) is 57.1 Å². The van der Waals surface area contributed by atoms with E-state index in [1.165, 1.54) is 0 Å². The molecule has 6 heteroatoms. The Balaban J connectivity index is 1.51. The number of halogens is 2. The van der Waals surface area contributed by atoms with Crippen molar-refractivity contribution in [1.29, 1.82) is 0 Å². The number of aliphatic hydroxyl groups is 1. The normalized spacial score (nSPS) is 32.5. The maximum atomic E-state index is 13.4. The van der Waals surface area contributed by atoms with Crippen LogP contribution in [0, 0.1) is 5.41 Å². The number of likely N-dealkylation sites (tertiary alicyclic amines) is 1. The average molecular weight is 397 g/mol. The largest absolute Gasteiger partial charge is 0.393 e. The topological polar surface area (TPSA) is 43.8 Å². The van der Waals surface area contributed by atoms with Gasteiger partial charge in [0.05, 0.1) is 22.2 Å². The number of hydrogen-bond donors (Lipinski definition) is 1. The summed E-state index contributed by atoms with van der Waals surface area (Å²) in [5, 5.41) is 11.1. The van der Waals surface area contributed by atoms with Crippen LogP contribution in [0.1, 0.15) is 44.9 Å². The molecule has 26 heavy (non-hydrogen) atoms. The van der Waals surface area contributed by atoms with Crippen molar-refractivity contribution in [2.75, 3.05) is 24.5 Å². The van der Waals surface area contributed by atoms with Gasteiger partial charge in [-0.15, -0.1) is 0 Å². The highest BCUT2D eigenvalue weighted by atomic mass is 35.5. The molecule has 3 aliphatic rings. The average Bonchev–Trinajstić information content (AvgIpc) is 2.94. The van der Waals surface area contributed by atoms with E-state index >= 15 is 0 Å². The van der Waals surface area contributed by atoms with Gasteiger partial charge in [0.25, 0.3) is 0 Å². The predicted molar refractivity (Wildman–Crippen MR) is 105 cm³/mol. The molecule has 1 saturated carbocycles. The lowest BCUT2D eigenvalue weighted by molar-refractivity contribution is -0.139. The fraction of sp³-hybridized carbons (Fsp3) is 0.650. The molecule has 1 aromatic carbocycles. The van der Waals surface area contributed by atoms with E-state index in [1.807, 2.05) is 12.1 Å². The van der Waals surface area contributed by atoms with Gasteiger partial charge in [-0.1, -0.05) is 23.2 Å². The highest BCUT2D eigenvalue weighted by Crippen LogP contribution is 2.44. The number of piperidine rings is 1. The van der Waals surface area contributed by atoms with E-state index in [-0.39, 0.29) is 11.5 Å². The van der Waals surface area contributed by atoms with Crippen molar-refractivity contribution in [3.8, 4) is 0 Å². The molecule has 4 rings (SSSR count). The Hall–Kier alpha value is -0.970. The second-order valence-corrected chi connectivity index (χ2v) is 8.96. The minimum Gasteiger partial charge on any atom is -0.393 e. The maximum absolute atomic E-state index is 13.4. The van der Waals surface area contributed by atoms with Gasteiger partial charge in [-0.2, -0.15) is 0 Å². The first-order chi connectivity index (χ1) is 12.5. The lowest BCUT2D eigenvalue weighted by Crippen LogP contribution is -2.50. The van der Waals surface area contributed by atoms with Crippen molar-refractivity contribution in [1.82, 2.24) is 4.90 Å². The number of carbonyl (C=O) groups is 1. The van der Waals surface area contributed by atoms with E-state index in [0.29, 0.717) is 22.0 Å². The second kappa shape index (κ2) is 7.21. The molecule has 1 unspecified atom stereocenters. The summed E-state index contributed by atoms with van der Waals surface area (Å²) >= 11 is 12.6. The summed E-state index contributed by atoms with van der Waals surface area (Å²) in [7, 11) is 0. The number of rotatable bonds is 2. The van der Waals surface area contributed by atoms with Gasteiger partial charge < -0.3 is 14.9 Å². The molecule has 0 aromatic heterocycles. The molecule has 0 bridgehead atoms. The van der Waals surface area contributed by atoms with E-state index in [4.69, 9.17) is 23.2 Å². The third-order valence-corrected chi connectivity index (χ3v) is 7.03. The monoisotopic (exact) mass is 396 g/mol. The number of benzene rings is 1. The molecule has 1 aromatic rings. The molecule has 2 heterocycles. The summed E-state index contributed by atoms with van der Waals surface area (Å²) in [5.41, 5.74) is 0.644. The number of anilines is 1. The quantitative estimate of drug-likeness (QED) is 0.817. The minimum absolute atomic E-state index is 0.187. The van der Waals surface area contributed by atoms with Crippen LogP contribution >= 0.6 is 23.2 Å². The van der Waals surface area contributed by atoms with Crippen LogP contribution in [-0.4, -0.2) is 47.7 Å². The first-order valence-electron chi connectivity index (χ1n) is 9.68. The summed E-state index contributed by atoms with van der Waals surface area (Å²) in [6, 6.07) is 5.84. The van der Waals surface area contributed by atoms with Crippen LogP contribution in [0.4, 0.5) is 5.69 Å². The highest BCUT2D eigenvalue weighted by molar-refractivity contribution is 6.35. The van der Waals surface area contributed by atoms with Crippen molar-refractivity contribution in [3.63, 3.8) is 0 Å². The summed E-state index contributed by atoms with van der Waals surface area (Å²) in [4.78, 5) is 17.7. The molecule has 1 amide bonds. The fourth-order valence-corrected chi connectivity index (χ4v) is 5.41. The van der Waals surface area contributed by atoms with Gasteiger partial charge >= 0.3 is 0 Å². The Morgan fingerprint density at radius 2 is 1.85 bits per heavy atom. The van der Waals surface area contributed by atoms with Crippen LogP contribution in [0.3, 0.4) is 0 Å². The SMILES string of the molecule is O=C1N([C@H]2CC[C@H](O)CC2)CCC12CCCN(c1cc(Cl)ccc1Cl)C2. The predicted octanol–water partition coefficient (Wildman–Crippen LogP) is 4.12. The number of amides is 1. The number of carbonyl (C=O) groups excluding carboxylic acids is 1. The number of hydrogen-bond acceptors (Lipinski definition) is 3. The molecule has 0 radical (unpaired) electrons. The maximum Gasteiger partial charge on any atom is 0.230 e. The van der Waals surface area contributed by atoms with Crippen molar-refractivity contribution in [2.24, 2.45) is 5.41 Å². The smallest absolute Gasteiger partial charge is 0.230 e. The Labute approximate surface area is 165 Å². The van der Waals surface area contributed by atoms with Crippen molar-refractivity contribution < 1.29 is 9.90 Å². The Morgan fingerprint density at radius 1 is 1.08 bits per heavy atom. The second-order valence-electron chi connectivity index (χ2n) is 8.11. The molecule has 4 nitrogen and oxygen atoms in total. The van der Waals surface area contributed by atoms with E-state index in [1.54, 1.807) is 6.07 Å². The highest BCUT2D eigenvalue weighted by Gasteiger charge is 2.50. The zero-order valence-corrected chi connectivity index (χ0v) is 16.5. The Kier molecular flexibility index (Phi) is 5.10. The zero-order chi connectivity index (χ0) is 18.3. The van der Waals surface area contributed by atoms with Crippen LogP contribution in [0.15, 0.2) is 18.2 Å². The molecular formula is C20H26Cl2N2O2. The van der Waals surface area contributed by atoms with Gasteiger partial charge in [0, 0.05) is 30.7 Å². The lowest BCUT2D eigenvalue weighted by Gasteiger charge is -2.41. The van der Waals surface area contributed by atoms with Gasteiger partial charge in [-0.25, -0.2) is 0 Å². The van der Waals surface area contributed by atoms with Crippen molar-refractivity contribution >= 4 is 34.8 Å². The molecule has 1 spiro atoms. The summed E-state index contributed by atoms with van der Waals surface area (Å²) in [6.07, 6.45) is 6.14. The number of aliphatic hydroxyl groups excluding tert-OH is 1. The van der Waals surface area contributed by atoms with E-state index in [9.17, 15) is 9.90 Å². The van der Waals surface area contributed by atoms with Crippen LogP contribution < -0.4 is 4.90 Å².